The molecule has 6 nitrogen and oxygen atoms in total. The second-order valence-electron chi connectivity index (χ2n) is 4.98. The van der Waals surface area contributed by atoms with E-state index < -0.39 is 5.97 Å². The smallest absolute Gasteiger partial charge is 0.346 e. The standard InChI is InChI=1S/C17H14N2O4S/c1-23-14-7-6-10(8-18-14)16(20)19-9-12-11-4-2-3-5-13(11)24-15(12)17(21)22/h2-8H,9H2,1H3,(H,19,20)(H,21,22). The summed E-state index contributed by atoms with van der Waals surface area (Å²) in [5, 5.41) is 13.0. The lowest BCUT2D eigenvalue weighted by atomic mass is 10.1. The highest BCUT2D eigenvalue weighted by Gasteiger charge is 2.18. The average molecular weight is 342 g/mol. The highest BCUT2D eigenvalue weighted by Crippen LogP contribution is 2.31. The zero-order valence-electron chi connectivity index (χ0n) is 12.8. The Bertz CT molecular complexity index is 903. The number of fused-ring (bicyclic) bond motifs is 1. The Morgan fingerprint density at radius 3 is 2.71 bits per heavy atom. The van der Waals surface area contributed by atoms with E-state index in [1.165, 1.54) is 24.6 Å². The summed E-state index contributed by atoms with van der Waals surface area (Å²) >= 11 is 1.20. The first-order chi connectivity index (χ1) is 11.6. The van der Waals surface area contributed by atoms with Crippen LogP contribution in [-0.4, -0.2) is 29.1 Å². The van der Waals surface area contributed by atoms with Crippen LogP contribution in [0.25, 0.3) is 10.1 Å². The maximum absolute atomic E-state index is 12.2. The van der Waals surface area contributed by atoms with Crippen molar-refractivity contribution in [1.29, 1.82) is 0 Å². The number of thiophene rings is 1. The zero-order chi connectivity index (χ0) is 17.1. The van der Waals surface area contributed by atoms with Gasteiger partial charge in [-0.25, -0.2) is 9.78 Å². The van der Waals surface area contributed by atoms with Crippen molar-refractivity contribution in [2.45, 2.75) is 6.54 Å². The fourth-order valence-electron chi connectivity index (χ4n) is 2.35. The van der Waals surface area contributed by atoms with Crippen LogP contribution in [0.3, 0.4) is 0 Å². The summed E-state index contributed by atoms with van der Waals surface area (Å²) in [7, 11) is 1.50. The van der Waals surface area contributed by atoms with Crippen molar-refractivity contribution in [3.63, 3.8) is 0 Å². The highest BCUT2D eigenvalue weighted by molar-refractivity contribution is 7.21. The Balaban J connectivity index is 1.83. The normalized spacial score (nSPS) is 10.5. The highest BCUT2D eigenvalue weighted by atomic mass is 32.1. The van der Waals surface area contributed by atoms with Gasteiger partial charge in [-0.1, -0.05) is 18.2 Å². The summed E-state index contributed by atoms with van der Waals surface area (Å²) in [6.07, 6.45) is 1.41. The summed E-state index contributed by atoms with van der Waals surface area (Å²) < 4.78 is 5.83. The number of hydrogen-bond donors (Lipinski definition) is 2. The van der Waals surface area contributed by atoms with Crippen LogP contribution in [0.4, 0.5) is 0 Å². The number of nitrogens with zero attached hydrogens (tertiary/aromatic N) is 1. The molecule has 1 aromatic carbocycles. The number of benzene rings is 1. The molecule has 3 aromatic rings. The number of aromatic carboxylic acids is 1. The number of ether oxygens (including phenoxy) is 1. The minimum absolute atomic E-state index is 0.135. The van der Waals surface area contributed by atoms with E-state index in [4.69, 9.17) is 4.74 Å². The molecule has 24 heavy (non-hydrogen) atoms. The molecule has 2 N–H and O–H groups in total. The molecule has 1 amide bonds. The Kier molecular flexibility index (Phi) is 4.43. The van der Waals surface area contributed by atoms with Gasteiger partial charge in [0, 0.05) is 29.1 Å². The van der Waals surface area contributed by atoms with Crippen molar-refractivity contribution < 1.29 is 19.4 Å². The molecule has 0 unspecified atom stereocenters. The Labute approximate surface area is 141 Å². The number of nitrogens with one attached hydrogen (secondary N) is 1. The maximum atomic E-state index is 12.2. The van der Waals surface area contributed by atoms with E-state index in [-0.39, 0.29) is 17.3 Å². The summed E-state index contributed by atoms with van der Waals surface area (Å²) in [5.41, 5.74) is 0.991. The summed E-state index contributed by atoms with van der Waals surface area (Å²) in [6, 6.07) is 10.6. The summed E-state index contributed by atoms with van der Waals surface area (Å²) in [5.74, 6) is -0.896. The van der Waals surface area contributed by atoms with E-state index in [2.05, 4.69) is 10.3 Å². The number of carboxylic acids is 1. The van der Waals surface area contributed by atoms with Crippen LogP contribution in [0.15, 0.2) is 42.6 Å². The fourth-order valence-corrected chi connectivity index (χ4v) is 3.41. The number of carboxylic acid groups (broad SMARTS) is 1. The number of aromatic nitrogens is 1. The van der Waals surface area contributed by atoms with E-state index >= 15 is 0 Å². The molecule has 0 aliphatic rings. The third-order valence-corrected chi connectivity index (χ3v) is 4.73. The van der Waals surface area contributed by atoms with Gasteiger partial charge in [0.1, 0.15) is 4.88 Å². The first-order valence-corrected chi connectivity index (χ1v) is 7.93. The molecule has 2 heterocycles. The van der Waals surface area contributed by atoms with Crippen LogP contribution in [0.5, 0.6) is 5.88 Å². The van der Waals surface area contributed by atoms with E-state index in [9.17, 15) is 14.7 Å². The number of methoxy groups -OCH3 is 1. The number of amides is 1. The van der Waals surface area contributed by atoms with Crippen molar-refractivity contribution in [3.8, 4) is 5.88 Å². The van der Waals surface area contributed by atoms with Crippen LogP contribution in [0.1, 0.15) is 25.6 Å². The van der Waals surface area contributed by atoms with E-state index in [1.807, 2.05) is 24.3 Å². The van der Waals surface area contributed by atoms with Gasteiger partial charge in [-0.2, -0.15) is 0 Å². The first kappa shape index (κ1) is 15.9. The van der Waals surface area contributed by atoms with Crippen molar-refractivity contribution >= 4 is 33.3 Å². The first-order valence-electron chi connectivity index (χ1n) is 7.12. The molecule has 0 spiro atoms. The SMILES string of the molecule is COc1ccc(C(=O)NCc2c(C(=O)O)sc3ccccc23)cn1. The molecule has 122 valence electrons. The van der Waals surface area contributed by atoms with Gasteiger partial charge in [0.05, 0.1) is 12.7 Å². The van der Waals surface area contributed by atoms with Crippen molar-refractivity contribution in [1.82, 2.24) is 10.3 Å². The van der Waals surface area contributed by atoms with Gasteiger partial charge in [0.25, 0.3) is 5.91 Å². The number of rotatable bonds is 5. The van der Waals surface area contributed by atoms with E-state index in [0.29, 0.717) is 17.0 Å². The van der Waals surface area contributed by atoms with Gasteiger partial charge in [0.2, 0.25) is 5.88 Å². The molecule has 0 aliphatic heterocycles. The van der Waals surface area contributed by atoms with Gasteiger partial charge >= 0.3 is 5.97 Å². The molecular weight excluding hydrogens is 328 g/mol. The molecule has 0 saturated carbocycles. The van der Waals surface area contributed by atoms with Crippen LogP contribution >= 0.6 is 11.3 Å². The largest absolute Gasteiger partial charge is 0.481 e. The minimum Gasteiger partial charge on any atom is -0.481 e. The van der Waals surface area contributed by atoms with E-state index in [1.54, 1.807) is 12.1 Å². The fraction of sp³-hybridized carbons (Fsp3) is 0.118. The predicted octanol–water partition coefficient (Wildman–Crippen LogP) is 2.93. The second-order valence-corrected chi connectivity index (χ2v) is 6.04. The van der Waals surface area contributed by atoms with Crippen LogP contribution in [0.2, 0.25) is 0 Å². The maximum Gasteiger partial charge on any atom is 0.346 e. The number of hydrogen-bond acceptors (Lipinski definition) is 5. The molecule has 7 heteroatoms. The van der Waals surface area contributed by atoms with Crippen LogP contribution in [0, 0.1) is 0 Å². The third-order valence-electron chi connectivity index (χ3n) is 3.53. The van der Waals surface area contributed by atoms with Gasteiger partial charge in [-0.3, -0.25) is 4.79 Å². The molecule has 0 aliphatic carbocycles. The molecular formula is C17H14N2O4S. The minimum atomic E-state index is -0.994. The van der Waals surface area contributed by atoms with Crippen molar-refractivity contribution in [2.24, 2.45) is 0 Å². The molecule has 3 rings (SSSR count). The van der Waals surface area contributed by atoms with Crippen LogP contribution in [-0.2, 0) is 6.54 Å². The number of carbonyl (C=O) groups excluding carboxylic acids is 1. The van der Waals surface area contributed by atoms with Gasteiger partial charge in [0.15, 0.2) is 0 Å². The van der Waals surface area contributed by atoms with Gasteiger partial charge in [-0.05, 0) is 17.5 Å². The van der Waals surface area contributed by atoms with Gasteiger partial charge < -0.3 is 15.2 Å². The average Bonchev–Trinajstić information content (AvgIpc) is 2.99. The summed E-state index contributed by atoms with van der Waals surface area (Å²) in [4.78, 5) is 27.9. The van der Waals surface area contributed by atoms with Gasteiger partial charge in [-0.15, -0.1) is 11.3 Å². The molecule has 0 bridgehead atoms. The molecule has 0 fully saturated rings. The lowest BCUT2D eigenvalue weighted by Gasteiger charge is -2.06. The van der Waals surface area contributed by atoms with Crippen molar-refractivity contribution in [3.05, 3.63) is 58.6 Å². The Morgan fingerprint density at radius 2 is 2.04 bits per heavy atom. The third kappa shape index (κ3) is 3.07. The Hall–Kier alpha value is -2.93. The molecule has 0 atom stereocenters. The molecule has 2 aromatic heterocycles. The lowest BCUT2D eigenvalue weighted by Crippen LogP contribution is -2.23. The monoisotopic (exact) mass is 342 g/mol. The summed E-state index contributed by atoms with van der Waals surface area (Å²) in [6.45, 7) is 0.135. The molecule has 0 saturated heterocycles. The second kappa shape index (κ2) is 6.67. The van der Waals surface area contributed by atoms with E-state index in [0.717, 1.165) is 10.1 Å². The topological polar surface area (TPSA) is 88.5 Å². The number of pyridine rings is 1. The Morgan fingerprint density at radius 1 is 1.25 bits per heavy atom. The number of carbonyl (C=O) groups is 2. The lowest BCUT2D eigenvalue weighted by molar-refractivity contribution is 0.0700. The predicted molar refractivity (Wildman–Crippen MR) is 90.7 cm³/mol. The molecule has 0 radical (unpaired) electrons. The van der Waals surface area contributed by atoms with Crippen molar-refractivity contribution in [2.75, 3.05) is 7.11 Å². The zero-order valence-corrected chi connectivity index (χ0v) is 13.6. The quantitative estimate of drug-likeness (QED) is 0.744. The van der Waals surface area contributed by atoms with Crippen LogP contribution < -0.4 is 10.1 Å².